The van der Waals surface area contributed by atoms with Gasteiger partial charge in [0.15, 0.2) is 0 Å². The maximum absolute atomic E-state index is 12.1. The first-order valence-electron chi connectivity index (χ1n) is 10.5. The third-order valence-electron chi connectivity index (χ3n) is 6.59. The van der Waals surface area contributed by atoms with Crippen molar-refractivity contribution in [2.45, 2.75) is 59.3 Å². The predicted octanol–water partition coefficient (Wildman–Crippen LogP) is 4.33. The minimum atomic E-state index is -0.565. The highest BCUT2D eigenvalue weighted by atomic mass is 16.5. The van der Waals surface area contributed by atoms with E-state index in [0.717, 1.165) is 36.9 Å². The Kier molecular flexibility index (Phi) is 6.25. The molecule has 2 aromatic rings. The molecule has 3 rings (SSSR count). The van der Waals surface area contributed by atoms with Crippen molar-refractivity contribution in [2.75, 3.05) is 7.11 Å². The molecule has 1 aliphatic carbocycles. The van der Waals surface area contributed by atoms with Crippen LogP contribution in [0, 0.1) is 25.2 Å². The number of aryl methyl sites for hydroxylation is 2. The van der Waals surface area contributed by atoms with Crippen LogP contribution in [0.4, 0.5) is 0 Å². The van der Waals surface area contributed by atoms with Crippen molar-refractivity contribution in [2.24, 2.45) is 17.1 Å². The van der Waals surface area contributed by atoms with E-state index in [9.17, 15) is 9.59 Å². The fourth-order valence-corrected chi connectivity index (χ4v) is 4.63. The summed E-state index contributed by atoms with van der Waals surface area (Å²) in [5, 5.41) is 0. The Hall–Kier alpha value is -2.76. The lowest BCUT2D eigenvalue weighted by Gasteiger charge is -2.37. The zero-order valence-electron chi connectivity index (χ0n) is 18.5. The molecule has 30 heavy (non-hydrogen) atoms. The zero-order chi connectivity index (χ0) is 22.1. The quantitative estimate of drug-likeness (QED) is 0.742. The molecule has 1 fully saturated rings. The van der Waals surface area contributed by atoms with E-state index in [1.165, 1.54) is 12.7 Å². The average Bonchev–Trinajstić information content (AvgIpc) is 2.73. The van der Waals surface area contributed by atoms with Crippen LogP contribution < -0.4 is 5.73 Å². The number of primary amides is 1. The molecular weight excluding hydrogens is 378 g/mol. The SMILES string of the molecule is COC(=O)C(C)(C)[C@H]1CC[C@H](c2ccc(-c3nc(C(N)=O)c(C)nc3C)cc2)CC1. The summed E-state index contributed by atoms with van der Waals surface area (Å²) in [4.78, 5) is 32.6. The van der Waals surface area contributed by atoms with E-state index >= 15 is 0 Å². The number of amides is 1. The van der Waals surface area contributed by atoms with E-state index < -0.39 is 11.3 Å². The lowest BCUT2D eigenvalue weighted by molar-refractivity contribution is -0.154. The third-order valence-corrected chi connectivity index (χ3v) is 6.59. The number of nitrogens with two attached hydrogens (primary N) is 1. The normalized spacial score (nSPS) is 19.4. The largest absolute Gasteiger partial charge is 0.469 e. The van der Waals surface area contributed by atoms with E-state index in [-0.39, 0.29) is 11.7 Å². The topological polar surface area (TPSA) is 95.2 Å². The van der Waals surface area contributed by atoms with Crippen molar-refractivity contribution in [1.82, 2.24) is 9.97 Å². The smallest absolute Gasteiger partial charge is 0.311 e. The molecule has 1 heterocycles. The van der Waals surface area contributed by atoms with Crippen molar-refractivity contribution in [3.05, 3.63) is 46.9 Å². The fourth-order valence-electron chi connectivity index (χ4n) is 4.63. The lowest BCUT2D eigenvalue weighted by Crippen LogP contribution is -2.36. The number of nitrogens with zero attached hydrogens (tertiary/aromatic N) is 2. The standard InChI is InChI=1S/C24H31N3O3/c1-14-20(27-21(22(25)28)15(2)26-14)18-8-6-16(7-9-18)17-10-12-19(13-11-17)24(3,4)23(29)30-5/h6-9,17,19H,10-13H2,1-5H3,(H2,25,28)/t17-,19-. The Balaban J connectivity index is 1.74. The highest BCUT2D eigenvalue weighted by Crippen LogP contribution is 2.44. The molecule has 0 aliphatic heterocycles. The summed E-state index contributed by atoms with van der Waals surface area (Å²) in [6, 6.07) is 8.35. The Labute approximate surface area is 178 Å². The number of hydrogen-bond donors (Lipinski definition) is 1. The first-order valence-corrected chi connectivity index (χ1v) is 10.5. The maximum atomic E-state index is 12.1. The maximum Gasteiger partial charge on any atom is 0.311 e. The summed E-state index contributed by atoms with van der Waals surface area (Å²) < 4.78 is 5.00. The van der Waals surface area contributed by atoms with Gasteiger partial charge in [-0.25, -0.2) is 4.98 Å². The highest BCUT2D eigenvalue weighted by Gasteiger charge is 2.39. The summed E-state index contributed by atoms with van der Waals surface area (Å²) in [6.45, 7) is 7.61. The van der Waals surface area contributed by atoms with Gasteiger partial charge in [-0.1, -0.05) is 24.3 Å². The number of carbonyl (C=O) groups excluding carboxylic acids is 2. The van der Waals surface area contributed by atoms with Gasteiger partial charge in [-0.3, -0.25) is 14.6 Å². The second-order valence-electron chi connectivity index (χ2n) is 8.84. The molecule has 1 aliphatic rings. The molecular formula is C24H31N3O3. The Bertz CT molecular complexity index is 943. The minimum absolute atomic E-state index is 0.125. The summed E-state index contributed by atoms with van der Waals surface area (Å²) in [5.74, 6) is 0.137. The van der Waals surface area contributed by atoms with Crippen LogP contribution in [0.2, 0.25) is 0 Å². The van der Waals surface area contributed by atoms with E-state index in [2.05, 4.69) is 22.1 Å². The zero-order valence-corrected chi connectivity index (χ0v) is 18.5. The van der Waals surface area contributed by atoms with Gasteiger partial charge in [0.1, 0.15) is 5.69 Å². The van der Waals surface area contributed by atoms with Crippen LogP contribution in [0.5, 0.6) is 0 Å². The van der Waals surface area contributed by atoms with Crippen LogP contribution in [0.25, 0.3) is 11.3 Å². The van der Waals surface area contributed by atoms with Gasteiger partial charge in [0.05, 0.1) is 29.6 Å². The average molecular weight is 410 g/mol. The molecule has 1 aromatic heterocycles. The molecule has 0 spiro atoms. The monoisotopic (exact) mass is 409 g/mol. The molecule has 0 atom stereocenters. The highest BCUT2D eigenvalue weighted by molar-refractivity contribution is 5.92. The second-order valence-corrected chi connectivity index (χ2v) is 8.84. The minimum Gasteiger partial charge on any atom is -0.469 e. The molecule has 2 N–H and O–H groups in total. The summed E-state index contributed by atoms with van der Waals surface area (Å²) >= 11 is 0. The fraction of sp³-hybridized carbons (Fsp3) is 0.500. The summed E-state index contributed by atoms with van der Waals surface area (Å²) in [7, 11) is 1.46. The molecule has 0 radical (unpaired) electrons. The van der Waals surface area contributed by atoms with E-state index in [1.807, 2.05) is 32.9 Å². The number of ether oxygens (including phenoxy) is 1. The number of aromatic nitrogens is 2. The van der Waals surface area contributed by atoms with E-state index in [4.69, 9.17) is 10.5 Å². The molecule has 0 saturated heterocycles. The van der Waals surface area contributed by atoms with Crippen LogP contribution in [-0.4, -0.2) is 29.0 Å². The number of esters is 1. The van der Waals surface area contributed by atoms with Crippen molar-refractivity contribution < 1.29 is 14.3 Å². The van der Waals surface area contributed by atoms with Gasteiger partial charge >= 0.3 is 5.97 Å². The van der Waals surface area contributed by atoms with Crippen molar-refractivity contribution >= 4 is 11.9 Å². The molecule has 1 aromatic carbocycles. The van der Waals surface area contributed by atoms with Crippen LogP contribution in [0.3, 0.4) is 0 Å². The molecule has 0 unspecified atom stereocenters. The molecule has 160 valence electrons. The first kappa shape index (κ1) is 21.9. The van der Waals surface area contributed by atoms with Gasteiger partial charge < -0.3 is 10.5 Å². The Morgan fingerprint density at radius 2 is 1.60 bits per heavy atom. The Morgan fingerprint density at radius 1 is 1.00 bits per heavy atom. The molecule has 0 bridgehead atoms. The summed E-state index contributed by atoms with van der Waals surface area (Å²) in [5.41, 5.74) is 9.43. The van der Waals surface area contributed by atoms with Crippen molar-refractivity contribution in [1.29, 1.82) is 0 Å². The second kappa shape index (κ2) is 8.54. The van der Waals surface area contributed by atoms with Crippen LogP contribution >= 0.6 is 0 Å². The Morgan fingerprint density at radius 3 is 2.13 bits per heavy atom. The number of carbonyl (C=O) groups is 2. The van der Waals surface area contributed by atoms with Crippen LogP contribution in [0.1, 0.15) is 72.9 Å². The summed E-state index contributed by atoms with van der Waals surface area (Å²) in [6.07, 6.45) is 4.14. The lowest BCUT2D eigenvalue weighted by atomic mass is 9.67. The van der Waals surface area contributed by atoms with Gasteiger partial charge in [-0.05, 0) is 70.8 Å². The molecule has 1 saturated carbocycles. The van der Waals surface area contributed by atoms with Gasteiger partial charge in [0.2, 0.25) is 0 Å². The number of hydrogen-bond acceptors (Lipinski definition) is 5. The van der Waals surface area contributed by atoms with Crippen LogP contribution in [-0.2, 0) is 9.53 Å². The predicted molar refractivity (Wildman–Crippen MR) is 116 cm³/mol. The van der Waals surface area contributed by atoms with Crippen LogP contribution in [0.15, 0.2) is 24.3 Å². The van der Waals surface area contributed by atoms with Gasteiger partial charge in [-0.15, -0.1) is 0 Å². The van der Waals surface area contributed by atoms with Gasteiger partial charge in [0.25, 0.3) is 5.91 Å². The number of rotatable bonds is 5. The number of benzene rings is 1. The third kappa shape index (κ3) is 4.23. The molecule has 6 nitrogen and oxygen atoms in total. The molecule has 6 heteroatoms. The van der Waals surface area contributed by atoms with Gasteiger partial charge in [0, 0.05) is 5.56 Å². The van der Waals surface area contributed by atoms with Crippen molar-refractivity contribution in [3.63, 3.8) is 0 Å². The van der Waals surface area contributed by atoms with E-state index in [0.29, 0.717) is 23.2 Å². The first-order chi connectivity index (χ1) is 14.1. The number of methoxy groups -OCH3 is 1. The molecule has 1 amide bonds. The van der Waals surface area contributed by atoms with E-state index in [1.54, 1.807) is 6.92 Å². The van der Waals surface area contributed by atoms with Crippen molar-refractivity contribution in [3.8, 4) is 11.3 Å². The van der Waals surface area contributed by atoms with Gasteiger partial charge in [-0.2, -0.15) is 0 Å².